The van der Waals surface area contributed by atoms with Crippen molar-refractivity contribution < 1.29 is 64.6 Å². The number of amides is 1. The van der Waals surface area contributed by atoms with Crippen LogP contribution in [0, 0.1) is 0 Å². The molecule has 9 N–H and O–H groups in total. The maximum atomic E-state index is 13.4. The van der Waals surface area contributed by atoms with Crippen molar-refractivity contribution in [3.8, 4) is 0 Å². The lowest BCUT2D eigenvalue weighted by Crippen LogP contribution is -2.65. The highest BCUT2D eigenvalue weighted by Gasteiger charge is 2.51. The Morgan fingerprint density at radius 2 is 0.639 bits per heavy atom. The molecule has 2 heterocycles. The van der Waals surface area contributed by atoms with Gasteiger partial charge in [0.15, 0.2) is 12.6 Å². The van der Waals surface area contributed by atoms with E-state index in [0.717, 1.165) is 44.9 Å². The monoisotopic (exact) mass is 1380 g/mol. The van der Waals surface area contributed by atoms with E-state index in [2.05, 4.69) is 19.2 Å². The average molecular weight is 1380 g/mol. The lowest BCUT2D eigenvalue weighted by molar-refractivity contribution is -0.359. The largest absolute Gasteiger partial charge is 0.394 e. The molecular weight excluding hydrogens is 1220 g/mol. The molecule has 2 aliphatic rings. The third kappa shape index (κ3) is 50.7. The summed E-state index contributed by atoms with van der Waals surface area (Å²) >= 11 is 0. The summed E-state index contributed by atoms with van der Waals surface area (Å²) in [6.07, 6.45) is 70.3. The normalized spacial score (nSPS) is 22.1. The number of aliphatic hydroxyl groups excluding tert-OH is 8. The SMILES string of the molecule is CCCCCCCCCCCCCCCCCCCCCCCCCCCCCC/C=C/C(O)C(COC1OC(CO)C(OC2OC(CO)C(O)C(O)C2O)C(O)C1O)NC(=O)CCCCCCCCCCCCCCCCCCCCCCCCCCCCCCCCCCC. The Labute approximate surface area is 596 Å². The predicted octanol–water partition coefficient (Wildman–Crippen LogP) is 19.6. The van der Waals surface area contributed by atoms with E-state index in [9.17, 15) is 45.6 Å². The number of carbonyl (C=O) groups excluding carboxylic acids is 1. The third-order valence-corrected chi connectivity index (χ3v) is 21.2. The van der Waals surface area contributed by atoms with E-state index in [1.54, 1.807) is 6.08 Å². The van der Waals surface area contributed by atoms with Gasteiger partial charge in [-0.3, -0.25) is 4.79 Å². The first-order valence-electron chi connectivity index (χ1n) is 42.4. The molecule has 0 aliphatic carbocycles. The number of carbonyl (C=O) groups is 1. The van der Waals surface area contributed by atoms with Crippen LogP contribution in [-0.4, -0.2) is 140 Å². The Kier molecular flexibility index (Phi) is 64.2. The van der Waals surface area contributed by atoms with Crippen LogP contribution in [0.25, 0.3) is 0 Å². The van der Waals surface area contributed by atoms with Crippen LogP contribution in [-0.2, 0) is 23.7 Å². The van der Waals surface area contributed by atoms with Crippen molar-refractivity contribution in [3.63, 3.8) is 0 Å². The minimum atomic E-state index is -1.79. The maximum absolute atomic E-state index is 13.4. The molecule has 0 bridgehead atoms. The van der Waals surface area contributed by atoms with Crippen LogP contribution in [0.5, 0.6) is 0 Å². The summed E-state index contributed by atoms with van der Waals surface area (Å²) in [6.45, 7) is 2.89. The summed E-state index contributed by atoms with van der Waals surface area (Å²) in [5.74, 6) is -0.228. The van der Waals surface area contributed by atoms with E-state index in [1.807, 2.05) is 6.08 Å². The van der Waals surface area contributed by atoms with Gasteiger partial charge in [0, 0.05) is 6.42 Å². The first-order chi connectivity index (χ1) is 47.6. The standard InChI is InChI=1S/C83H161NO13/c1-3-5-7-9-11-13-15-17-19-21-23-25-27-29-31-33-35-36-37-39-41-43-45-47-49-51-53-55-57-59-61-63-65-67-75(88)84-71(70-94-82-80(93)78(91)81(74(69-86)96-82)97-83-79(92)77(90)76(89)73(68-85)95-83)72(87)66-64-62-60-58-56-54-52-50-48-46-44-42-40-38-34-32-30-28-26-24-22-20-18-16-14-12-10-8-6-4-2/h64,66,71-74,76-83,85-87,89-93H,3-63,65,67-70H2,1-2H3,(H,84,88)/b66-64+. The fourth-order valence-electron chi connectivity index (χ4n) is 14.5. The van der Waals surface area contributed by atoms with Gasteiger partial charge in [0.2, 0.25) is 5.91 Å². The Morgan fingerprint density at radius 3 is 0.948 bits per heavy atom. The second-order valence-corrected chi connectivity index (χ2v) is 30.3. The van der Waals surface area contributed by atoms with E-state index in [0.29, 0.717) is 0 Å². The quantitative estimate of drug-likeness (QED) is 0.0204. The van der Waals surface area contributed by atoms with Crippen LogP contribution in [0.15, 0.2) is 12.2 Å². The molecule has 0 aromatic heterocycles. The fraction of sp³-hybridized carbons (Fsp3) is 0.964. The van der Waals surface area contributed by atoms with Gasteiger partial charge in [-0.15, -0.1) is 0 Å². The van der Waals surface area contributed by atoms with Gasteiger partial charge in [-0.05, 0) is 19.3 Å². The van der Waals surface area contributed by atoms with Crippen molar-refractivity contribution in [2.45, 2.75) is 492 Å². The molecule has 0 spiro atoms. The lowest BCUT2D eigenvalue weighted by Gasteiger charge is -2.46. The molecule has 1 amide bonds. The van der Waals surface area contributed by atoms with E-state index >= 15 is 0 Å². The highest BCUT2D eigenvalue weighted by molar-refractivity contribution is 5.76. The van der Waals surface area contributed by atoms with Crippen molar-refractivity contribution in [1.82, 2.24) is 5.32 Å². The van der Waals surface area contributed by atoms with Gasteiger partial charge in [-0.25, -0.2) is 0 Å². The van der Waals surface area contributed by atoms with Crippen LogP contribution in [0.4, 0.5) is 0 Å². The molecule has 2 fully saturated rings. The number of allylic oxidation sites excluding steroid dienone is 1. The van der Waals surface area contributed by atoms with Crippen molar-refractivity contribution in [2.24, 2.45) is 0 Å². The number of unbranched alkanes of at least 4 members (excludes halogenated alkanes) is 60. The Hall–Kier alpha value is -1.27. The van der Waals surface area contributed by atoms with Crippen LogP contribution in [0.2, 0.25) is 0 Å². The lowest BCUT2D eigenvalue weighted by atomic mass is 9.97. The van der Waals surface area contributed by atoms with Gasteiger partial charge in [0.05, 0.1) is 32.0 Å². The van der Waals surface area contributed by atoms with Crippen LogP contribution < -0.4 is 5.32 Å². The zero-order chi connectivity index (χ0) is 70.1. The first-order valence-corrected chi connectivity index (χ1v) is 42.4. The summed E-state index contributed by atoms with van der Waals surface area (Å²) in [5.41, 5.74) is 0. The zero-order valence-corrected chi connectivity index (χ0v) is 63.4. The topological polar surface area (TPSA) is 228 Å². The van der Waals surface area contributed by atoms with Gasteiger partial charge in [-0.1, -0.05) is 405 Å². The number of rotatable bonds is 73. The molecule has 2 saturated heterocycles. The van der Waals surface area contributed by atoms with E-state index in [-0.39, 0.29) is 18.9 Å². The first kappa shape index (κ1) is 91.8. The predicted molar refractivity (Wildman–Crippen MR) is 402 cm³/mol. The Morgan fingerprint density at radius 1 is 0.361 bits per heavy atom. The average Bonchev–Trinajstić information content (AvgIpc) is 0.793. The second-order valence-electron chi connectivity index (χ2n) is 30.3. The fourth-order valence-corrected chi connectivity index (χ4v) is 14.5. The number of ether oxygens (including phenoxy) is 4. The Bertz CT molecular complexity index is 1680. The van der Waals surface area contributed by atoms with Crippen molar-refractivity contribution in [3.05, 3.63) is 12.2 Å². The van der Waals surface area contributed by atoms with Gasteiger partial charge in [0.25, 0.3) is 0 Å². The minimum Gasteiger partial charge on any atom is -0.394 e. The van der Waals surface area contributed by atoms with E-state index < -0.39 is 86.8 Å². The summed E-state index contributed by atoms with van der Waals surface area (Å²) in [5, 5.41) is 87.8. The van der Waals surface area contributed by atoms with E-state index in [4.69, 9.17) is 18.9 Å². The molecule has 576 valence electrons. The molecule has 0 saturated carbocycles. The van der Waals surface area contributed by atoms with Crippen LogP contribution >= 0.6 is 0 Å². The van der Waals surface area contributed by atoms with Crippen LogP contribution in [0.3, 0.4) is 0 Å². The molecule has 0 radical (unpaired) electrons. The van der Waals surface area contributed by atoms with Crippen molar-refractivity contribution in [1.29, 1.82) is 0 Å². The van der Waals surface area contributed by atoms with E-state index in [1.165, 1.54) is 353 Å². The number of aliphatic hydroxyl groups is 8. The highest BCUT2D eigenvalue weighted by Crippen LogP contribution is 2.31. The van der Waals surface area contributed by atoms with Gasteiger partial charge in [0.1, 0.15) is 48.8 Å². The summed E-state index contributed by atoms with van der Waals surface area (Å²) in [7, 11) is 0. The molecule has 2 rings (SSSR count). The van der Waals surface area contributed by atoms with Crippen molar-refractivity contribution in [2.75, 3.05) is 19.8 Å². The maximum Gasteiger partial charge on any atom is 0.220 e. The number of hydrogen-bond donors (Lipinski definition) is 9. The van der Waals surface area contributed by atoms with Crippen LogP contribution in [0.1, 0.15) is 418 Å². The summed E-state index contributed by atoms with van der Waals surface area (Å²) in [6, 6.07) is -0.913. The summed E-state index contributed by atoms with van der Waals surface area (Å²) in [4.78, 5) is 13.4. The van der Waals surface area contributed by atoms with Crippen molar-refractivity contribution >= 4 is 5.91 Å². The number of hydrogen-bond acceptors (Lipinski definition) is 13. The second kappa shape index (κ2) is 67.9. The Balaban J connectivity index is 1.59. The molecule has 12 unspecified atom stereocenters. The molecular formula is C83H161NO13. The highest BCUT2D eigenvalue weighted by atomic mass is 16.7. The summed E-state index contributed by atoms with van der Waals surface area (Å²) < 4.78 is 22.9. The third-order valence-electron chi connectivity index (χ3n) is 21.2. The van der Waals surface area contributed by atoms with Gasteiger partial charge >= 0.3 is 0 Å². The molecule has 0 aromatic carbocycles. The molecule has 14 heteroatoms. The molecule has 97 heavy (non-hydrogen) atoms. The molecule has 14 nitrogen and oxygen atoms in total. The molecule has 0 aromatic rings. The molecule has 2 aliphatic heterocycles. The number of nitrogens with one attached hydrogen (secondary N) is 1. The minimum absolute atomic E-state index is 0.228. The molecule has 12 atom stereocenters. The van der Waals surface area contributed by atoms with Gasteiger partial charge < -0.3 is 65.1 Å². The zero-order valence-electron chi connectivity index (χ0n) is 63.4. The smallest absolute Gasteiger partial charge is 0.220 e. The van der Waals surface area contributed by atoms with Gasteiger partial charge in [-0.2, -0.15) is 0 Å².